The molecule has 2 fully saturated rings. The van der Waals surface area contributed by atoms with Gasteiger partial charge in [0.15, 0.2) is 0 Å². The van der Waals surface area contributed by atoms with Gasteiger partial charge in [0.1, 0.15) is 0 Å². The Morgan fingerprint density at radius 1 is 1.18 bits per heavy atom. The van der Waals surface area contributed by atoms with Gasteiger partial charge in [-0.3, -0.25) is 0 Å². The van der Waals surface area contributed by atoms with Gasteiger partial charge in [-0.2, -0.15) is 11.8 Å². The van der Waals surface area contributed by atoms with Crippen LogP contribution in [0.15, 0.2) is 0 Å². The summed E-state index contributed by atoms with van der Waals surface area (Å²) in [5, 5.41) is 3.69. The first-order valence-electron chi connectivity index (χ1n) is 7.35. The molecule has 2 saturated heterocycles. The van der Waals surface area contributed by atoms with Crippen molar-refractivity contribution in [2.24, 2.45) is 5.92 Å². The SMILES string of the molecule is CN1CCCCC1CCNCC1CCSCC1. The molecule has 0 aromatic rings. The molecule has 0 spiro atoms. The highest BCUT2D eigenvalue weighted by Crippen LogP contribution is 2.22. The van der Waals surface area contributed by atoms with Gasteiger partial charge < -0.3 is 10.2 Å². The molecule has 0 radical (unpaired) electrons. The highest BCUT2D eigenvalue weighted by Gasteiger charge is 2.18. The molecule has 2 nitrogen and oxygen atoms in total. The highest BCUT2D eigenvalue weighted by atomic mass is 32.2. The van der Waals surface area contributed by atoms with Gasteiger partial charge in [0.25, 0.3) is 0 Å². The maximum Gasteiger partial charge on any atom is 0.0104 e. The van der Waals surface area contributed by atoms with Crippen LogP contribution < -0.4 is 5.32 Å². The number of piperidine rings is 1. The molecule has 2 aliphatic rings. The van der Waals surface area contributed by atoms with E-state index in [9.17, 15) is 0 Å². The largest absolute Gasteiger partial charge is 0.316 e. The number of thioether (sulfide) groups is 1. The second kappa shape index (κ2) is 7.65. The Balaban J connectivity index is 1.53. The average molecular weight is 256 g/mol. The van der Waals surface area contributed by atoms with Crippen molar-refractivity contribution < 1.29 is 0 Å². The van der Waals surface area contributed by atoms with Crippen LogP contribution >= 0.6 is 11.8 Å². The van der Waals surface area contributed by atoms with Crippen LogP contribution in [0.1, 0.15) is 38.5 Å². The van der Waals surface area contributed by atoms with Crippen molar-refractivity contribution >= 4 is 11.8 Å². The maximum atomic E-state index is 3.69. The van der Waals surface area contributed by atoms with Crippen molar-refractivity contribution in [1.29, 1.82) is 0 Å². The van der Waals surface area contributed by atoms with Crippen LogP contribution in [0.3, 0.4) is 0 Å². The smallest absolute Gasteiger partial charge is 0.0104 e. The fourth-order valence-corrected chi connectivity index (χ4v) is 4.24. The van der Waals surface area contributed by atoms with Crippen LogP contribution in [-0.2, 0) is 0 Å². The van der Waals surface area contributed by atoms with Crippen LogP contribution in [0.2, 0.25) is 0 Å². The first-order chi connectivity index (χ1) is 8.36. The minimum atomic E-state index is 0.846. The Morgan fingerprint density at radius 3 is 2.76 bits per heavy atom. The minimum Gasteiger partial charge on any atom is -0.316 e. The molecular formula is C14H28N2S. The molecule has 1 N–H and O–H groups in total. The molecule has 2 rings (SSSR count). The summed E-state index contributed by atoms with van der Waals surface area (Å²) < 4.78 is 0. The zero-order chi connectivity index (χ0) is 11.9. The van der Waals surface area contributed by atoms with E-state index in [1.54, 1.807) is 0 Å². The Bertz CT molecular complexity index is 204. The fourth-order valence-electron chi connectivity index (χ4n) is 3.03. The molecule has 0 aliphatic carbocycles. The van der Waals surface area contributed by atoms with Crippen LogP contribution in [0.5, 0.6) is 0 Å². The van der Waals surface area contributed by atoms with E-state index in [1.165, 1.54) is 69.7 Å². The molecule has 0 aromatic carbocycles. The van der Waals surface area contributed by atoms with Gasteiger partial charge in [-0.05, 0) is 76.2 Å². The first kappa shape index (κ1) is 13.7. The van der Waals surface area contributed by atoms with E-state index in [-0.39, 0.29) is 0 Å². The molecule has 2 heterocycles. The van der Waals surface area contributed by atoms with Crippen molar-refractivity contribution in [3.05, 3.63) is 0 Å². The summed E-state index contributed by atoms with van der Waals surface area (Å²) in [6, 6.07) is 0.846. The normalized spacial score (nSPS) is 28.4. The predicted octanol–water partition coefficient (Wildman–Crippen LogP) is 2.59. The lowest BCUT2D eigenvalue weighted by molar-refractivity contribution is 0.175. The fraction of sp³-hybridized carbons (Fsp3) is 1.00. The van der Waals surface area contributed by atoms with Crippen LogP contribution in [-0.4, -0.2) is 49.1 Å². The maximum absolute atomic E-state index is 3.69. The van der Waals surface area contributed by atoms with E-state index in [2.05, 4.69) is 29.0 Å². The van der Waals surface area contributed by atoms with Crippen LogP contribution in [0, 0.1) is 5.92 Å². The molecule has 17 heavy (non-hydrogen) atoms. The molecule has 1 unspecified atom stereocenters. The van der Waals surface area contributed by atoms with E-state index < -0.39 is 0 Å². The Labute approximate surface area is 111 Å². The van der Waals surface area contributed by atoms with Crippen molar-refractivity contribution in [3.63, 3.8) is 0 Å². The molecule has 0 saturated carbocycles. The summed E-state index contributed by atoms with van der Waals surface area (Å²) in [7, 11) is 2.29. The summed E-state index contributed by atoms with van der Waals surface area (Å²) in [6.45, 7) is 3.79. The molecule has 1 atom stereocenters. The summed E-state index contributed by atoms with van der Waals surface area (Å²) in [5.74, 6) is 3.73. The number of likely N-dealkylation sites (tertiary alicyclic amines) is 1. The Morgan fingerprint density at radius 2 is 2.00 bits per heavy atom. The molecule has 0 bridgehead atoms. The Kier molecular flexibility index (Phi) is 6.16. The number of hydrogen-bond acceptors (Lipinski definition) is 3. The molecule has 2 aliphatic heterocycles. The van der Waals surface area contributed by atoms with E-state index in [4.69, 9.17) is 0 Å². The number of rotatable bonds is 5. The third-order valence-electron chi connectivity index (χ3n) is 4.35. The number of nitrogens with zero attached hydrogens (tertiary/aromatic N) is 1. The summed E-state index contributed by atoms with van der Waals surface area (Å²) in [6.07, 6.45) is 8.47. The summed E-state index contributed by atoms with van der Waals surface area (Å²) in [5.41, 5.74) is 0. The summed E-state index contributed by atoms with van der Waals surface area (Å²) >= 11 is 2.13. The molecular weight excluding hydrogens is 228 g/mol. The zero-order valence-electron chi connectivity index (χ0n) is 11.3. The summed E-state index contributed by atoms with van der Waals surface area (Å²) in [4.78, 5) is 2.56. The van der Waals surface area contributed by atoms with E-state index >= 15 is 0 Å². The number of nitrogens with one attached hydrogen (secondary N) is 1. The van der Waals surface area contributed by atoms with Crippen LogP contribution in [0.25, 0.3) is 0 Å². The average Bonchev–Trinajstić information content (AvgIpc) is 2.38. The lowest BCUT2D eigenvalue weighted by atomic mass is 9.99. The van der Waals surface area contributed by atoms with Gasteiger partial charge in [0.05, 0.1) is 0 Å². The third kappa shape index (κ3) is 4.80. The van der Waals surface area contributed by atoms with Gasteiger partial charge >= 0.3 is 0 Å². The van der Waals surface area contributed by atoms with Gasteiger partial charge in [-0.1, -0.05) is 6.42 Å². The van der Waals surface area contributed by atoms with E-state index in [1.807, 2.05) is 0 Å². The monoisotopic (exact) mass is 256 g/mol. The van der Waals surface area contributed by atoms with E-state index in [0.29, 0.717) is 0 Å². The lowest BCUT2D eigenvalue weighted by Gasteiger charge is -2.32. The van der Waals surface area contributed by atoms with Gasteiger partial charge in [0, 0.05) is 6.04 Å². The van der Waals surface area contributed by atoms with Crippen molar-refractivity contribution in [1.82, 2.24) is 10.2 Å². The van der Waals surface area contributed by atoms with Gasteiger partial charge in [0.2, 0.25) is 0 Å². The molecule has 100 valence electrons. The van der Waals surface area contributed by atoms with Gasteiger partial charge in [-0.15, -0.1) is 0 Å². The topological polar surface area (TPSA) is 15.3 Å². The van der Waals surface area contributed by atoms with Gasteiger partial charge in [-0.25, -0.2) is 0 Å². The minimum absolute atomic E-state index is 0.846. The van der Waals surface area contributed by atoms with E-state index in [0.717, 1.165) is 12.0 Å². The standard InChI is InChI=1S/C14H28N2S/c1-16-9-3-2-4-14(16)5-8-15-12-13-6-10-17-11-7-13/h13-15H,2-12H2,1H3. The highest BCUT2D eigenvalue weighted by molar-refractivity contribution is 7.99. The third-order valence-corrected chi connectivity index (χ3v) is 5.40. The molecule has 0 amide bonds. The Hall–Kier alpha value is 0.270. The quantitative estimate of drug-likeness (QED) is 0.761. The lowest BCUT2D eigenvalue weighted by Crippen LogP contribution is -2.38. The van der Waals surface area contributed by atoms with Crippen molar-refractivity contribution in [3.8, 4) is 0 Å². The first-order valence-corrected chi connectivity index (χ1v) is 8.50. The zero-order valence-corrected chi connectivity index (χ0v) is 12.1. The molecule has 0 aromatic heterocycles. The van der Waals surface area contributed by atoms with Crippen molar-refractivity contribution in [2.75, 3.05) is 38.2 Å². The van der Waals surface area contributed by atoms with Crippen LogP contribution in [0.4, 0.5) is 0 Å². The second-order valence-electron chi connectivity index (χ2n) is 5.68. The number of hydrogen-bond donors (Lipinski definition) is 1. The predicted molar refractivity (Wildman–Crippen MR) is 77.8 cm³/mol. The second-order valence-corrected chi connectivity index (χ2v) is 6.90. The molecule has 3 heteroatoms. The van der Waals surface area contributed by atoms with Crippen molar-refractivity contribution in [2.45, 2.75) is 44.6 Å².